The third kappa shape index (κ3) is 4.08. The maximum absolute atomic E-state index is 12.1. The number of nitrogens with zero attached hydrogens (tertiary/aromatic N) is 2. The number of amides is 1. The van der Waals surface area contributed by atoms with E-state index in [0.717, 1.165) is 5.69 Å². The molecule has 0 fully saturated rings. The fourth-order valence-electron chi connectivity index (χ4n) is 1.94. The van der Waals surface area contributed by atoms with Gasteiger partial charge in [-0.15, -0.1) is 0 Å². The van der Waals surface area contributed by atoms with Gasteiger partial charge in [-0.1, -0.05) is 17.7 Å². The van der Waals surface area contributed by atoms with Gasteiger partial charge < -0.3 is 15.1 Å². The standard InChI is InChI=1S/C16H13ClN4O2/c17-11-3-1-4-12(7-11)21-15-8-14(19-10-20-15)16(22)18-9-13-5-2-6-23-13/h1-8,10H,9H2,(H,18,22)(H,19,20,21). The van der Waals surface area contributed by atoms with Crippen molar-refractivity contribution in [3.05, 3.63) is 71.5 Å². The van der Waals surface area contributed by atoms with Crippen LogP contribution in [0.1, 0.15) is 16.2 Å². The van der Waals surface area contributed by atoms with Gasteiger partial charge in [-0.05, 0) is 30.3 Å². The van der Waals surface area contributed by atoms with Crippen molar-refractivity contribution < 1.29 is 9.21 Å². The number of hydrogen-bond donors (Lipinski definition) is 2. The molecule has 0 aliphatic rings. The Kier molecular flexibility index (Phi) is 4.54. The van der Waals surface area contributed by atoms with Gasteiger partial charge in [0.2, 0.25) is 0 Å². The van der Waals surface area contributed by atoms with Gasteiger partial charge in [-0.25, -0.2) is 9.97 Å². The molecule has 0 bridgehead atoms. The molecular weight excluding hydrogens is 316 g/mol. The molecule has 0 saturated heterocycles. The minimum Gasteiger partial charge on any atom is -0.467 e. The zero-order valence-corrected chi connectivity index (χ0v) is 12.7. The third-order valence-corrected chi connectivity index (χ3v) is 3.24. The number of hydrogen-bond acceptors (Lipinski definition) is 5. The molecule has 7 heteroatoms. The lowest BCUT2D eigenvalue weighted by Crippen LogP contribution is -2.23. The van der Waals surface area contributed by atoms with Crippen LogP contribution in [0.15, 0.2) is 59.5 Å². The summed E-state index contributed by atoms with van der Waals surface area (Å²) < 4.78 is 5.16. The van der Waals surface area contributed by atoms with E-state index in [2.05, 4.69) is 20.6 Å². The highest BCUT2D eigenvalue weighted by Crippen LogP contribution is 2.18. The van der Waals surface area contributed by atoms with Crippen LogP contribution in [0.2, 0.25) is 5.02 Å². The number of aromatic nitrogens is 2. The van der Waals surface area contributed by atoms with Crippen molar-refractivity contribution in [1.29, 1.82) is 0 Å². The lowest BCUT2D eigenvalue weighted by Gasteiger charge is -2.07. The number of benzene rings is 1. The van der Waals surface area contributed by atoms with Gasteiger partial charge in [0.25, 0.3) is 5.91 Å². The number of nitrogens with one attached hydrogen (secondary N) is 2. The van der Waals surface area contributed by atoms with Crippen molar-refractivity contribution in [2.45, 2.75) is 6.54 Å². The van der Waals surface area contributed by atoms with Gasteiger partial charge in [0.1, 0.15) is 23.6 Å². The first-order chi connectivity index (χ1) is 11.2. The number of furan rings is 1. The predicted octanol–water partition coefficient (Wildman–Crippen LogP) is 3.40. The Morgan fingerprint density at radius 1 is 1.17 bits per heavy atom. The second kappa shape index (κ2) is 6.93. The van der Waals surface area contributed by atoms with Crippen LogP contribution in [0.3, 0.4) is 0 Å². The van der Waals surface area contributed by atoms with E-state index in [4.69, 9.17) is 16.0 Å². The minimum absolute atomic E-state index is 0.260. The Labute approximate surface area is 137 Å². The molecule has 6 nitrogen and oxygen atoms in total. The van der Waals surface area contributed by atoms with Crippen LogP contribution in [0.4, 0.5) is 11.5 Å². The maximum Gasteiger partial charge on any atom is 0.270 e. The Morgan fingerprint density at radius 2 is 2.09 bits per heavy atom. The van der Waals surface area contributed by atoms with Crippen LogP contribution in [0.25, 0.3) is 0 Å². The first-order valence-electron chi connectivity index (χ1n) is 6.86. The summed E-state index contributed by atoms with van der Waals surface area (Å²) in [5, 5.41) is 6.42. The van der Waals surface area contributed by atoms with Crippen molar-refractivity contribution in [3.63, 3.8) is 0 Å². The Bertz CT molecular complexity index is 805. The summed E-state index contributed by atoms with van der Waals surface area (Å²) in [5.41, 5.74) is 1.04. The molecule has 2 aromatic heterocycles. The van der Waals surface area contributed by atoms with Gasteiger partial charge in [0.05, 0.1) is 12.8 Å². The number of carbonyl (C=O) groups excluding carboxylic acids is 1. The smallest absolute Gasteiger partial charge is 0.270 e. The average Bonchev–Trinajstić information content (AvgIpc) is 3.06. The number of carbonyl (C=O) groups is 1. The van der Waals surface area contributed by atoms with E-state index in [9.17, 15) is 4.79 Å². The molecule has 0 unspecified atom stereocenters. The summed E-state index contributed by atoms with van der Waals surface area (Å²) in [6, 6.07) is 12.3. The molecule has 0 atom stereocenters. The molecule has 0 spiro atoms. The van der Waals surface area contributed by atoms with E-state index in [1.807, 2.05) is 12.1 Å². The molecule has 0 aliphatic carbocycles. The topological polar surface area (TPSA) is 80.0 Å². The summed E-state index contributed by atoms with van der Waals surface area (Å²) in [4.78, 5) is 20.2. The van der Waals surface area contributed by atoms with Crippen molar-refractivity contribution in [1.82, 2.24) is 15.3 Å². The zero-order chi connectivity index (χ0) is 16.1. The van der Waals surface area contributed by atoms with Crippen LogP contribution >= 0.6 is 11.6 Å². The Morgan fingerprint density at radius 3 is 2.87 bits per heavy atom. The quantitative estimate of drug-likeness (QED) is 0.750. The highest BCUT2D eigenvalue weighted by molar-refractivity contribution is 6.30. The van der Waals surface area contributed by atoms with Gasteiger partial charge in [-0.3, -0.25) is 4.79 Å². The molecule has 3 aromatic rings. The van der Waals surface area contributed by atoms with E-state index >= 15 is 0 Å². The van der Waals surface area contributed by atoms with Gasteiger partial charge >= 0.3 is 0 Å². The molecule has 0 saturated carbocycles. The molecule has 23 heavy (non-hydrogen) atoms. The Balaban J connectivity index is 1.68. The van der Waals surface area contributed by atoms with E-state index in [-0.39, 0.29) is 11.6 Å². The van der Waals surface area contributed by atoms with Crippen LogP contribution in [-0.4, -0.2) is 15.9 Å². The lowest BCUT2D eigenvalue weighted by molar-refractivity contribution is 0.0943. The van der Waals surface area contributed by atoms with Crippen molar-refractivity contribution in [3.8, 4) is 0 Å². The zero-order valence-electron chi connectivity index (χ0n) is 12.0. The molecule has 3 rings (SSSR count). The molecule has 2 heterocycles. The monoisotopic (exact) mass is 328 g/mol. The summed E-state index contributed by atoms with van der Waals surface area (Å²) in [5.74, 6) is 0.869. The van der Waals surface area contributed by atoms with Crippen LogP contribution in [0.5, 0.6) is 0 Å². The lowest BCUT2D eigenvalue weighted by atomic mass is 10.3. The molecule has 0 aliphatic heterocycles. The van der Waals surface area contributed by atoms with E-state index in [0.29, 0.717) is 23.1 Å². The third-order valence-electron chi connectivity index (χ3n) is 3.00. The van der Waals surface area contributed by atoms with Gasteiger partial charge in [0.15, 0.2) is 0 Å². The molecule has 1 aromatic carbocycles. The first kappa shape index (κ1) is 15.1. The second-order valence-electron chi connectivity index (χ2n) is 4.69. The summed E-state index contributed by atoms with van der Waals surface area (Å²) >= 11 is 5.94. The molecule has 2 N–H and O–H groups in total. The summed E-state index contributed by atoms with van der Waals surface area (Å²) in [6.07, 6.45) is 2.88. The van der Waals surface area contributed by atoms with E-state index in [1.165, 1.54) is 6.33 Å². The van der Waals surface area contributed by atoms with Gasteiger partial charge in [0, 0.05) is 16.8 Å². The average molecular weight is 329 g/mol. The SMILES string of the molecule is O=C(NCc1ccco1)c1cc(Nc2cccc(Cl)c2)ncn1. The molecule has 116 valence electrons. The Hall–Kier alpha value is -2.86. The highest BCUT2D eigenvalue weighted by Gasteiger charge is 2.09. The highest BCUT2D eigenvalue weighted by atomic mass is 35.5. The van der Waals surface area contributed by atoms with Crippen molar-refractivity contribution in [2.75, 3.05) is 5.32 Å². The van der Waals surface area contributed by atoms with E-state index in [1.54, 1.807) is 36.6 Å². The predicted molar refractivity (Wildman–Crippen MR) is 86.6 cm³/mol. The van der Waals surface area contributed by atoms with Crippen LogP contribution < -0.4 is 10.6 Å². The number of rotatable bonds is 5. The maximum atomic E-state index is 12.1. The molecule has 1 amide bonds. The van der Waals surface area contributed by atoms with Gasteiger partial charge in [-0.2, -0.15) is 0 Å². The minimum atomic E-state index is -0.307. The fourth-order valence-corrected chi connectivity index (χ4v) is 2.13. The normalized spacial score (nSPS) is 10.3. The molecule has 0 radical (unpaired) electrons. The van der Waals surface area contributed by atoms with Crippen molar-refractivity contribution in [2.24, 2.45) is 0 Å². The summed E-state index contributed by atoms with van der Waals surface area (Å²) in [7, 11) is 0. The fraction of sp³-hybridized carbons (Fsp3) is 0.0625. The first-order valence-corrected chi connectivity index (χ1v) is 7.24. The summed E-state index contributed by atoms with van der Waals surface area (Å²) in [6.45, 7) is 0.299. The van der Waals surface area contributed by atoms with Crippen LogP contribution in [0, 0.1) is 0 Å². The van der Waals surface area contributed by atoms with E-state index < -0.39 is 0 Å². The molecular formula is C16H13ClN4O2. The van der Waals surface area contributed by atoms with Crippen LogP contribution in [-0.2, 0) is 6.54 Å². The number of anilines is 2. The van der Waals surface area contributed by atoms with Crippen molar-refractivity contribution >= 4 is 29.0 Å². The second-order valence-corrected chi connectivity index (χ2v) is 5.12. The number of halogens is 1. The largest absolute Gasteiger partial charge is 0.467 e.